The van der Waals surface area contributed by atoms with Crippen molar-refractivity contribution in [1.29, 1.82) is 0 Å². The van der Waals surface area contributed by atoms with Crippen molar-refractivity contribution >= 4 is 38.7 Å². The Balaban J connectivity index is 0.000000151. The number of carbonyl (C=O) groups is 3. The van der Waals surface area contributed by atoms with E-state index in [0.717, 1.165) is 119 Å². The third-order valence-electron chi connectivity index (χ3n) is 17.2. The first kappa shape index (κ1) is 61.3. The number of aromatic nitrogens is 9. The number of urea groups is 3. The van der Waals surface area contributed by atoms with Gasteiger partial charge in [-0.3, -0.25) is 13.3 Å². The lowest BCUT2D eigenvalue weighted by Crippen LogP contribution is -2.47. The van der Waals surface area contributed by atoms with Gasteiger partial charge >= 0.3 is 18.1 Å². The monoisotopic (exact) mass is 1180 g/mol. The van der Waals surface area contributed by atoms with Crippen LogP contribution in [0.25, 0.3) is 11.4 Å². The molecule has 6 N–H and O–H groups in total. The van der Waals surface area contributed by atoms with Crippen molar-refractivity contribution in [2.75, 3.05) is 31.1 Å². The third kappa shape index (κ3) is 17.2. The number of carbonyl (C=O) groups excluding carboxylic acids is 3. The number of rotatable bonds is 21. The van der Waals surface area contributed by atoms with Gasteiger partial charge in [0, 0.05) is 85.6 Å². The van der Waals surface area contributed by atoms with E-state index in [1.165, 1.54) is 44.9 Å². The second-order valence-electron chi connectivity index (χ2n) is 23.8. The van der Waals surface area contributed by atoms with E-state index in [2.05, 4.69) is 94.8 Å². The molecule has 23 heteroatoms. The highest BCUT2D eigenvalue weighted by Gasteiger charge is 2.36. The molecule has 6 aliphatic rings. The number of amides is 6. The van der Waals surface area contributed by atoms with E-state index in [-0.39, 0.29) is 53.5 Å². The van der Waals surface area contributed by atoms with E-state index in [1.54, 1.807) is 4.57 Å². The van der Waals surface area contributed by atoms with E-state index < -0.39 is 20.6 Å². The fourth-order valence-electron chi connectivity index (χ4n) is 11.7. The molecule has 6 aliphatic carbocycles. The molecule has 0 radical (unpaired) electrons. The molecule has 0 aliphatic heterocycles. The molecule has 7 atom stereocenters. The van der Waals surface area contributed by atoms with Crippen LogP contribution in [-0.4, -0.2) is 124 Å². The SMILES string of the molecule is CC1CCCCC1NC(=O)NCCS(=O)(=O)c1nnc(C2CC2)n1-c1ccccc1.CC1CCCCC1NC(=O)NCCS(=O)c1nnc(C2CC2)n1-c1ccccc1.CCn1c(CCCNC(=O)NC2CCCCC2C)nnc1C1CC1. The van der Waals surface area contributed by atoms with E-state index in [1.807, 2.05) is 65.2 Å². The molecule has 452 valence electrons. The first-order chi connectivity index (χ1) is 40.3. The Morgan fingerprint density at radius 2 is 0.964 bits per heavy atom. The van der Waals surface area contributed by atoms with Gasteiger partial charge in [-0.15, -0.1) is 30.6 Å². The first-order valence-corrected chi connectivity index (χ1v) is 33.9. The zero-order valence-corrected chi connectivity index (χ0v) is 50.8. The van der Waals surface area contributed by atoms with Crippen molar-refractivity contribution in [3.8, 4) is 11.4 Å². The van der Waals surface area contributed by atoms with E-state index >= 15 is 0 Å². The average Bonchev–Trinajstić information content (AvgIpc) is 4.66. The molecule has 2 aromatic carbocycles. The summed E-state index contributed by atoms with van der Waals surface area (Å²) in [7, 11) is -5.06. The third-order valence-corrected chi connectivity index (χ3v) is 20.0. The van der Waals surface area contributed by atoms with Gasteiger partial charge in [-0.25, -0.2) is 22.8 Å². The van der Waals surface area contributed by atoms with Crippen LogP contribution in [0.1, 0.15) is 191 Å². The van der Waals surface area contributed by atoms with Gasteiger partial charge in [-0.05, 0) is 132 Å². The van der Waals surface area contributed by atoms with Gasteiger partial charge in [0.2, 0.25) is 15.0 Å². The summed E-state index contributed by atoms with van der Waals surface area (Å²) in [5, 5.41) is 43.6. The largest absolute Gasteiger partial charge is 0.338 e. The maximum Gasteiger partial charge on any atom is 0.315 e. The summed E-state index contributed by atoms with van der Waals surface area (Å²) in [6.45, 7) is 10.7. The molecule has 6 amide bonds. The van der Waals surface area contributed by atoms with E-state index in [4.69, 9.17) is 0 Å². The summed E-state index contributed by atoms with van der Waals surface area (Å²) in [4.78, 5) is 36.5. The van der Waals surface area contributed by atoms with Gasteiger partial charge in [0.05, 0.1) is 16.6 Å². The molecule has 5 aromatic rings. The predicted molar refractivity (Wildman–Crippen MR) is 320 cm³/mol. The van der Waals surface area contributed by atoms with Gasteiger partial charge in [0.1, 0.15) is 23.3 Å². The van der Waals surface area contributed by atoms with E-state index in [9.17, 15) is 27.0 Å². The first-order valence-electron chi connectivity index (χ1n) is 31.0. The van der Waals surface area contributed by atoms with Gasteiger partial charge in [0.15, 0.2) is 0 Å². The highest BCUT2D eigenvalue weighted by molar-refractivity contribution is 7.91. The summed E-state index contributed by atoms with van der Waals surface area (Å²) in [5.74, 6) is 6.70. The topological polar surface area (TPSA) is 267 Å². The number of aryl methyl sites for hydroxylation is 1. The summed E-state index contributed by atoms with van der Waals surface area (Å²) in [6.07, 6.45) is 22.3. The number of para-hydroxylation sites is 2. The number of benzene rings is 2. The summed E-state index contributed by atoms with van der Waals surface area (Å²) in [6, 6.07) is 19.3. The minimum Gasteiger partial charge on any atom is -0.338 e. The number of nitrogens with zero attached hydrogens (tertiary/aromatic N) is 9. The van der Waals surface area contributed by atoms with Crippen LogP contribution in [0.2, 0.25) is 0 Å². The molecule has 6 saturated carbocycles. The number of hydrogen-bond donors (Lipinski definition) is 6. The highest BCUT2D eigenvalue weighted by Crippen LogP contribution is 2.42. The molecule has 21 nitrogen and oxygen atoms in total. The lowest BCUT2D eigenvalue weighted by molar-refractivity contribution is 0.221. The molecule has 0 bridgehead atoms. The van der Waals surface area contributed by atoms with Crippen molar-refractivity contribution in [2.45, 2.75) is 209 Å². The van der Waals surface area contributed by atoms with Gasteiger partial charge < -0.3 is 36.5 Å². The Bertz CT molecular complexity index is 3030. The maximum atomic E-state index is 13.0. The quantitative estimate of drug-likeness (QED) is 0.0376. The predicted octanol–water partition coefficient (Wildman–Crippen LogP) is 8.91. The van der Waals surface area contributed by atoms with Crippen LogP contribution in [0.15, 0.2) is 71.0 Å². The van der Waals surface area contributed by atoms with Crippen molar-refractivity contribution in [3.63, 3.8) is 0 Å². The van der Waals surface area contributed by atoms with Gasteiger partial charge in [-0.1, -0.05) is 95.7 Å². The van der Waals surface area contributed by atoms with Crippen LogP contribution in [0.5, 0.6) is 0 Å². The number of hydrogen-bond acceptors (Lipinski definition) is 12. The Kier molecular flexibility index (Phi) is 21.8. The summed E-state index contributed by atoms with van der Waals surface area (Å²) >= 11 is 0. The van der Waals surface area contributed by atoms with Crippen molar-refractivity contribution in [1.82, 2.24) is 76.2 Å². The van der Waals surface area contributed by atoms with Gasteiger partial charge in [0.25, 0.3) is 5.16 Å². The van der Waals surface area contributed by atoms with Crippen LogP contribution < -0.4 is 31.9 Å². The second-order valence-corrected chi connectivity index (χ2v) is 27.3. The zero-order valence-electron chi connectivity index (χ0n) is 49.1. The minimum atomic E-state index is -3.72. The second kappa shape index (κ2) is 29.5. The van der Waals surface area contributed by atoms with Crippen molar-refractivity contribution in [2.24, 2.45) is 17.8 Å². The molecule has 7 unspecified atom stereocenters. The smallest absolute Gasteiger partial charge is 0.315 e. The Labute approximate surface area is 492 Å². The van der Waals surface area contributed by atoms with Gasteiger partial charge in [-0.2, -0.15) is 0 Å². The lowest BCUT2D eigenvalue weighted by atomic mass is 9.86. The van der Waals surface area contributed by atoms with Crippen molar-refractivity contribution < 1.29 is 27.0 Å². The van der Waals surface area contributed by atoms with Crippen molar-refractivity contribution in [3.05, 3.63) is 84.0 Å². The molecule has 83 heavy (non-hydrogen) atoms. The molecule has 6 fully saturated rings. The molecule has 11 rings (SSSR count). The minimum absolute atomic E-state index is 0.0235. The molecule has 0 saturated heterocycles. The van der Waals surface area contributed by atoms with Crippen LogP contribution in [-0.2, 0) is 33.6 Å². The normalized spacial score (nSPS) is 22.8. The highest BCUT2D eigenvalue weighted by atomic mass is 32.2. The molecule has 0 spiro atoms. The average molecular weight is 1180 g/mol. The standard InChI is InChI=1S/C21H29N5O3S.C21H29N5O2S.C18H31N5O/c1-15-7-5-6-10-18(15)23-20(27)22-13-14-30(28,29)21-25-24-19(16-11-12-16)26(21)17-8-3-2-4-9-17;1-15-7-5-6-10-18(15)23-20(27)22-13-14-29(28)21-25-24-19(16-11-12-16)26(21)17-8-3-2-4-9-17;1-3-23-16(21-22-17(23)14-10-11-14)9-6-12-19-18(24)20-15-8-5-4-7-13(15)2/h2-4,8-9,15-16,18H,5-7,10-14H2,1H3,(H2,22,23,27);2-4,8-9,15-16,18H,5-7,10-14H2,1H3,(H2,22,23,27);13-15H,3-12H2,1-2H3,(H2,19,20,24). The fraction of sp³-hybridized carbons (Fsp3) is 0.650. The van der Waals surface area contributed by atoms with Crippen LogP contribution in [0.3, 0.4) is 0 Å². The van der Waals surface area contributed by atoms with Crippen LogP contribution in [0, 0.1) is 17.8 Å². The molecular weight excluding hydrogens is 1090 g/mol. The number of nitrogens with one attached hydrogen (secondary N) is 6. The van der Waals surface area contributed by atoms with E-state index in [0.29, 0.717) is 65.5 Å². The molecule has 3 heterocycles. The summed E-state index contributed by atoms with van der Waals surface area (Å²) in [5.41, 5.74) is 1.67. The Hall–Kier alpha value is -6.23. The Morgan fingerprint density at radius 3 is 1.46 bits per heavy atom. The van der Waals surface area contributed by atoms with Crippen LogP contribution in [0.4, 0.5) is 14.4 Å². The maximum absolute atomic E-state index is 13.0. The zero-order chi connectivity index (χ0) is 58.3. The summed E-state index contributed by atoms with van der Waals surface area (Å²) < 4.78 is 44.8. The lowest BCUT2D eigenvalue weighted by Gasteiger charge is -2.29. The van der Waals surface area contributed by atoms with Crippen LogP contribution >= 0.6 is 0 Å². The number of sulfone groups is 1. The fourth-order valence-corrected chi connectivity index (χ4v) is 13.9. The Morgan fingerprint density at radius 1 is 0.530 bits per heavy atom. The molecular formula is C60H89N15O6S2. The molecule has 3 aromatic heterocycles.